The standard InChI is InChI=1S/C11H15N5O/c1-11(2,3)6-8(17)15-9-10-12-4-5-16(10)14-7-13-9/h4-5,7H,6H2,1-3H3,(H,13,14,15,17). The maximum atomic E-state index is 11.8. The lowest BCUT2D eigenvalue weighted by Gasteiger charge is -2.16. The molecule has 17 heavy (non-hydrogen) atoms. The number of rotatable bonds is 2. The molecule has 0 saturated carbocycles. The lowest BCUT2D eigenvalue weighted by Crippen LogP contribution is -2.20. The highest BCUT2D eigenvalue weighted by Crippen LogP contribution is 2.19. The zero-order valence-corrected chi connectivity index (χ0v) is 10.1. The van der Waals surface area contributed by atoms with Crippen molar-refractivity contribution in [2.24, 2.45) is 5.41 Å². The molecule has 2 heterocycles. The normalized spacial score (nSPS) is 11.7. The van der Waals surface area contributed by atoms with E-state index in [1.54, 1.807) is 16.9 Å². The third kappa shape index (κ3) is 2.77. The van der Waals surface area contributed by atoms with Crippen molar-refractivity contribution >= 4 is 17.4 Å². The third-order valence-corrected chi connectivity index (χ3v) is 2.15. The molecule has 90 valence electrons. The highest BCUT2D eigenvalue weighted by atomic mass is 16.1. The first-order chi connectivity index (χ1) is 7.96. The van der Waals surface area contributed by atoms with Crippen LogP contribution in [0, 0.1) is 5.41 Å². The first-order valence-corrected chi connectivity index (χ1v) is 5.40. The van der Waals surface area contributed by atoms with Crippen molar-refractivity contribution in [2.75, 3.05) is 5.32 Å². The third-order valence-electron chi connectivity index (χ3n) is 2.15. The minimum Gasteiger partial charge on any atom is -0.307 e. The van der Waals surface area contributed by atoms with Crippen molar-refractivity contribution < 1.29 is 4.79 Å². The number of hydrogen-bond acceptors (Lipinski definition) is 4. The van der Waals surface area contributed by atoms with Crippen LogP contribution in [0.15, 0.2) is 18.7 Å². The van der Waals surface area contributed by atoms with E-state index in [0.29, 0.717) is 17.9 Å². The van der Waals surface area contributed by atoms with Crippen molar-refractivity contribution in [1.82, 2.24) is 19.6 Å². The quantitative estimate of drug-likeness (QED) is 0.853. The Bertz CT molecular complexity index is 540. The van der Waals surface area contributed by atoms with E-state index in [0.717, 1.165) is 0 Å². The van der Waals surface area contributed by atoms with Gasteiger partial charge in [0.1, 0.15) is 6.33 Å². The Kier molecular flexibility index (Phi) is 2.79. The minimum atomic E-state index is -0.0684. The first kappa shape index (κ1) is 11.5. The average molecular weight is 233 g/mol. The Morgan fingerprint density at radius 1 is 1.41 bits per heavy atom. The smallest absolute Gasteiger partial charge is 0.226 e. The van der Waals surface area contributed by atoms with Gasteiger partial charge in [0.15, 0.2) is 11.5 Å². The summed E-state index contributed by atoms with van der Waals surface area (Å²) in [7, 11) is 0. The molecule has 0 aliphatic heterocycles. The molecule has 0 spiro atoms. The van der Waals surface area contributed by atoms with Crippen molar-refractivity contribution in [3.05, 3.63) is 18.7 Å². The fraction of sp³-hybridized carbons (Fsp3) is 0.455. The largest absolute Gasteiger partial charge is 0.307 e. The molecular formula is C11H15N5O. The minimum absolute atomic E-state index is 0.0528. The summed E-state index contributed by atoms with van der Waals surface area (Å²) in [5.74, 6) is 0.375. The lowest BCUT2D eigenvalue weighted by molar-refractivity contribution is -0.117. The molecule has 2 rings (SSSR count). The van der Waals surface area contributed by atoms with Gasteiger partial charge in [0.05, 0.1) is 0 Å². The molecule has 0 radical (unpaired) electrons. The number of anilines is 1. The van der Waals surface area contributed by atoms with Crippen LogP contribution in [0.1, 0.15) is 27.2 Å². The van der Waals surface area contributed by atoms with Gasteiger partial charge >= 0.3 is 0 Å². The second-order valence-corrected chi connectivity index (χ2v) is 5.09. The molecule has 1 N–H and O–H groups in total. The number of hydrogen-bond donors (Lipinski definition) is 1. The van der Waals surface area contributed by atoms with Crippen molar-refractivity contribution in [2.45, 2.75) is 27.2 Å². The Morgan fingerprint density at radius 3 is 2.88 bits per heavy atom. The van der Waals surface area contributed by atoms with Crippen LogP contribution in [0.25, 0.3) is 5.65 Å². The molecule has 0 fully saturated rings. The van der Waals surface area contributed by atoms with E-state index < -0.39 is 0 Å². The van der Waals surface area contributed by atoms with Gasteiger partial charge in [0.2, 0.25) is 5.91 Å². The summed E-state index contributed by atoms with van der Waals surface area (Å²) in [5, 5.41) is 6.73. The highest BCUT2D eigenvalue weighted by molar-refractivity contribution is 5.93. The molecule has 0 bridgehead atoms. The summed E-state index contributed by atoms with van der Waals surface area (Å²) in [6.07, 6.45) is 5.14. The van der Waals surface area contributed by atoms with E-state index in [1.165, 1.54) is 6.33 Å². The molecule has 1 amide bonds. The van der Waals surface area contributed by atoms with E-state index in [2.05, 4.69) is 20.4 Å². The van der Waals surface area contributed by atoms with Crippen LogP contribution in [0.3, 0.4) is 0 Å². The Hall–Kier alpha value is -1.98. The van der Waals surface area contributed by atoms with Gasteiger partial charge in [-0.3, -0.25) is 4.79 Å². The van der Waals surface area contributed by atoms with Crippen LogP contribution in [0.5, 0.6) is 0 Å². The summed E-state index contributed by atoms with van der Waals surface area (Å²) >= 11 is 0. The second kappa shape index (κ2) is 4.12. The highest BCUT2D eigenvalue weighted by Gasteiger charge is 2.17. The van der Waals surface area contributed by atoms with Gasteiger partial charge in [-0.25, -0.2) is 14.5 Å². The monoisotopic (exact) mass is 233 g/mol. The molecule has 0 unspecified atom stereocenters. The van der Waals surface area contributed by atoms with E-state index in [9.17, 15) is 4.79 Å². The summed E-state index contributed by atoms with van der Waals surface area (Å²) in [6.45, 7) is 6.03. The zero-order valence-electron chi connectivity index (χ0n) is 10.1. The first-order valence-electron chi connectivity index (χ1n) is 5.40. The number of carbonyl (C=O) groups is 1. The van der Waals surface area contributed by atoms with Gasteiger partial charge in [0, 0.05) is 18.8 Å². The molecule has 6 nitrogen and oxygen atoms in total. The van der Waals surface area contributed by atoms with Gasteiger partial charge in [0.25, 0.3) is 0 Å². The lowest BCUT2D eigenvalue weighted by atomic mass is 9.92. The summed E-state index contributed by atoms with van der Waals surface area (Å²) in [4.78, 5) is 19.9. The summed E-state index contributed by atoms with van der Waals surface area (Å²) in [5.41, 5.74) is 0.498. The van der Waals surface area contributed by atoms with Crippen LogP contribution in [-0.2, 0) is 4.79 Å². The SMILES string of the molecule is CC(C)(C)CC(=O)Nc1ncnn2ccnc12. The van der Waals surface area contributed by atoms with E-state index >= 15 is 0 Å². The maximum absolute atomic E-state index is 11.8. The summed E-state index contributed by atoms with van der Waals surface area (Å²) in [6, 6.07) is 0. The molecule has 0 aliphatic rings. The molecule has 0 aliphatic carbocycles. The van der Waals surface area contributed by atoms with E-state index in [1.807, 2.05) is 20.8 Å². The average Bonchev–Trinajstić information content (AvgIpc) is 2.63. The number of fused-ring (bicyclic) bond motifs is 1. The van der Waals surface area contributed by atoms with Gasteiger partial charge in [-0.1, -0.05) is 20.8 Å². The molecule has 6 heteroatoms. The number of nitrogens with one attached hydrogen (secondary N) is 1. The van der Waals surface area contributed by atoms with Crippen LogP contribution < -0.4 is 5.32 Å². The molecule has 0 aromatic carbocycles. The number of amides is 1. The number of aromatic nitrogens is 4. The fourth-order valence-electron chi connectivity index (χ4n) is 1.50. The molecule has 0 atom stereocenters. The van der Waals surface area contributed by atoms with Crippen molar-refractivity contribution in [3.8, 4) is 0 Å². The predicted molar refractivity (Wildman–Crippen MR) is 63.5 cm³/mol. The second-order valence-electron chi connectivity index (χ2n) is 5.09. The topological polar surface area (TPSA) is 72.2 Å². The maximum Gasteiger partial charge on any atom is 0.226 e. The Balaban J connectivity index is 2.18. The predicted octanol–water partition coefficient (Wildman–Crippen LogP) is 1.50. The zero-order chi connectivity index (χ0) is 12.5. The molecule has 2 aromatic rings. The molecule has 0 saturated heterocycles. The number of nitrogens with zero attached hydrogens (tertiary/aromatic N) is 4. The van der Waals surface area contributed by atoms with E-state index in [4.69, 9.17) is 0 Å². The fourth-order valence-corrected chi connectivity index (χ4v) is 1.50. The van der Waals surface area contributed by atoms with Crippen LogP contribution in [0.2, 0.25) is 0 Å². The van der Waals surface area contributed by atoms with Crippen LogP contribution in [-0.4, -0.2) is 25.5 Å². The number of carbonyl (C=O) groups excluding carboxylic acids is 1. The van der Waals surface area contributed by atoms with Crippen molar-refractivity contribution in [1.29, 1.82) is 0 Å². The summed E-state index contributed by atoms with van der Waals surface area (Å²) < 4.78 is 1.57. The Morgan fingerprint density at radius 2 is 2.18 bits per heavy atom. The Labute approximate surface area is 99.1 Å². The van der Waals surface area contributed by atoms with Gasteiger partial charge in [-0.15, -0.1) is 0 Å². The molecule has 2 aromatic heterocycles. The molecular weight excluding hydrogens is 218 g/mol. The van der Waals surface area contributed by atoms with Crippen molar-refractivity contribution in [3.63, 3.8) is 0 Å². The van der Waals surface area contributed by atoms with Gasteiger partial charge in [-0.05, 0) is 5.41 Å². The van der Waals surface area contributed by atoms with Crippen LogP contribution >= 0.6 is 0 Å². The van der Waals surface area contributed by atoms with Crippen LogP contribution in [0.4, 0.5) is 5.82 Å². The van der Waals surface area contributed by atoms with E-state index in [-0.39, 0.29) is 11.3 Å². The number of imidazole rings is 1. The van der Waals surface area contributed by atoms with Gasteiger partial charge < -0.3 is 5.32 Å². The van der Waals surface area contributed by atoms with Gasteiger partial charge in [-0.2, -0.15) is 5.10 Å².